The summed E-state index contributed by atoms with van der Waals surface area (Å²) in [5, 5.41) is 6.47. The number of hydrogen-bond donors (Lipinski definition) is 2. The molecule has 0 unspecified atom stereocenters. The van der Waals surface area contributed by atoms with E-state index in [2.05, 4.69) is 15.0 Å². The molecule has 3 heterocycles. The Hall–Kier alpha value is -2.53. The van der Waals surface area contributed by atoms with Crippen molar-refractivity contribution in [3.8, 4) is 11.3 Å². The second-order valence-corrected chi connectivity index (χ2v) is 10.8. The minimum atomic E-state index is -3.75. The third kappa shape index (κ3) is 4.31. The van der Waals surface area contributed by atoms with Gasteiger partial charge in [0.15, 0.2) is 4.96 Å². The predicted molar refractivity (Wildman–Crippen MR) is 120 cm³/mol. The molecular weight excluding hydrogens is 440 g/mol. The van der Waals surface area contributed by atoms with Crippen LogP contribution in [0.4, 0.5) is 5.69 Å². The molecule has 3 aromatic heterocycles. The number of aromatic nitrogens is 2. The summed E-state index contributed by atoms with van der Waals surface area (Å²) in [4.78, 5) is 18.3. The van der Waals surface area contributed by atoms with Gasteiger partial charge in [0.05, 0.1) is 5.69 Å². The highest BCUT2D eigenvalue weighted by Gasteiger charge is 2.29. The van der Waals surface area contributed by atoms with E-state index in [0.717, 1.165) is 27.6 Å². The van der Waals surface area contributed by atoms with Crippen LogP contribution in [0.1, 0.15) is 13.8 Å². The summed E-state index contributed by atoms with van der Waals surface area (Å²) < 4.78 is 29.7. The average molecular weight is 461 g/mol. The molecule has 0 aliphatic heterocycles. The van der Waals surface area contributed by atoms with Crippen molar-refractivity contribution in [2.45, 2.75) is 24.1 Å². The third-order valence-electron chi connectivity index (χ3n) is 4.53. The third-order valence-corrected chi connectivity index (χ3v) is 8.14. The predicted octanol–water partition coefficient (Wildman–Crippen LogP) is 4.07. The number of anilines is 1. The zero-order chi connectivity index (χ0) is 21.3. The van der Waals surface area contributed by atoms with Crippen LogP contribution < -0.4 is 10.0 Å². The summed E-state index contributed by atoms with van der Waals surface area (Å²) >= 11 is 2.67. The molecule has 0 spiro atoms. The van der Waals surface area contributed by atoms with E-state index in [1.807, 2.05) is 34.3 Å². The van der Waals surface area contributed by atoms with Crippen LogP contribution in [0, 0.1) is 5.92 Å². The molecule has 0 saturated heterocycles. The number of hydrogen-bond acceptors (Lipinski definition) is 6. The summed E-state index contributed by atoms with van der Waals surface area (Å²) in [5.41, 5.74) is 2.37. The SMILES string of the molecule is CC(C)[C@@H](NS(=O)(=O)c1cccs1)C(=O)Nc1ccc(-c2cn3ccsc3n2)cc1. The van der Waals surface area contributed by atoms with Gasteiger partial charge in [-0.25, -0.2) is 13.4 Å². The van der Waals surface area contributed by atoms with Crippen LogP contribution in [0.25, 0.3) is 16.2 Å². The summed E-state index contributed by atoms with van der Waals surface area (Å²) in [7, 11) is -3.75. The van der Waals surface area contributed by atoms with Gasteiger partial charge in [-0.1, -0.05) is 32.0 Å². The van der Waals surface area contributed by atoms with Gasteiger partial charge >= 0.3 is 0 Å². The van der Waals surface area contributed by atoms with Gasteiger partial charge in [0.25, 0.3) is 10.0 Å². The lowest BCUT2D eigenvalue weighted by atomic mass is 10.0. The van der Waals surface area contributed by atoms with E-state index < -0.39 is 22.0 Å². The lowest BCUT2D eigenvalue weighted by molar-refractivity contribution is -0.118. The molecule has 30 heavy (non-hydrogen) atoms. The van der Waals surface area contributed by atoms with Crippen LogP contribution in [0.5, 0.6) is 0 Å². The molecule has 7 nitrogen and oxygen atoms in total. The molecule has 0 fully saturated rings. The number of nitrogens with zero attached hydrogens (tertiary/aromatic N) is 2. The van der Waals surface area contributed by atoms with Gasteiger partial charge in [-0.05, 0) is 29.5 Å². The molecule has 0 aliphatic carbocycles. The zero-order valence-corrected chi connectivity index (χ0v) is 18.7. The maximum absolute atomic E-state index is 12.8. The van der Waals surface area contributed by atoms with Gasteiger partial charge < -0.3 is 5.32 Å². The number of benzene rings is 1. The van der Waals surface area contributed by atoms with Crippen LogP contribution in [-0.4, -0.2) is 29.8 Å². The molecule has 156 valence electrons. The molecule has 1 aromatic carbocycles. The smallest absolute Gasteiger partial charge is 0.250 e. The Kier molecular flexibility index (Phi) is 5.74. The fraction of sp³-hybridized carbons (Fsp3) is 0.200. The van der Waals surface area contributed by atoms with E-state index in [4.69, 9.17) is 0 Å². The van der Waals surface area contributed by atoms with Gasteiger partial charge in [0, 0.05) is 29.0 Å². The van der Waals surface area contributed by atoms with Crippen molar-refractivity contribution in [3.63, 3.8) is 0 Å². The Morgan fingerprint density at radius 2 is 1.87 bits per heavy atom. The molecule has 2 N–H and O–H groups in total. The van der Waals surface area contributed by atoms with E-state index in [1.54, 1.807) is 48.8 Å². The molecule has 1 atom stereocenters. The number of carbonyl (C=O) groups is 1. The minimum Gasteiger partial charge on any atom is -0.325 e. The molecular formula is C20H20N4O3S3. The number of thiazole rings is 1. The summed E-state index contributed by atoms with van der Waals surface area (Å²) in [6.45, 7) is 3.60. The number of thiophene rings is 1. The average Bonchev–Trinajstić information content (AvgIpc) is 3.43. The molecule has 4 rings (SSSR count). The largest absolute Gasteiger partial charge is 0.325 e. The highest BCUT2D eigenvalue weighted by molar-refractivity contribution is 7.91. The Morgan fingerprint density at radius 1 is 1.10 bits per heavy atom. The number of carbonyl (C=O) groups excluding carboxylic acids is 1. The van der Waals surface area contributed by atoms with Crippen molar-refractivity contribution < 1.29 is 13.2 Å². The van der Waals surface area contributed by atoms with Crippen LogP contribution >= 0.6 is 22.7 Å². The standard InChI is InChI=1S/C20H20N4O3S3/c1-13(2)18(23-30(26,27)17-4-3-10-28-17)19(25)21-15-7-5-14(6-8-15)16-12-24-9-11-29-20(24)22-16/h3-13,18,23H,1-2H3,(H,21,25)/t18-/m1/s1. The number of rotatable bonds is 7. The van der Waals surface area contributed by atoms with Crippen molar-refractivity contribution >= 4 is 49.3 Å². The molecule has 0 saturated carbocycles. The van der Waals surface area contributed by atoms with Crippen LogP contribution in [0.3, 0.4) is 0 Å². The summed E-state index contributed by atoms with van der Waals surface area (Å²) in [5.74, 6) is -0.627. The first-order valence-electron chi connectivity index (χ1n) is 9.23. The first-order chi connectivity index (χ1) is 14.3. The second-order valence-electron chi connectivity index (χ2n) is 7.06. The topological polar surface area (TPSA) is 92.6 Å². The molecule has 1 amide bonds. The quantitative estimate of drug-likeness (QED) is 0.435. The highest BCUT2D eigenvalue weighted by atomic mass is 32.2. The molecule has 0 radical (unpaired) electrons. The number of fused-ring (bicyclic) bond motifs is 1. The van der Waals surface area contributed by atoms with E-state index in [1.165, 1.54) is 6.07 Å². The second kappa shape index (κ2) is 8.31. The van der Waals surface area contributed by atoms with Crippen LogP contribution in [0.15, 0.2) is 63.8 Å². The number of nitrogens with one attached hydrogen (secondary N) is 2. The zero-order valence-electron chi connectivity index (χ0n) is 16.3. The van der Waals surface area contributed by atoms with Crippen molar-refractivity contribution in [2.75, 3.05) is 5.32 Å². The van der Waals surface area contributed by atoms with Gasteiger partial charge in [0.2, 0.25) is 5.91 Å². The molecule has 0 aliphatic rings. The van der Waals surface area contributed by atoms with E-state index in [9.17, 15) is 13.2 Å². The Bertz CT molecular complexity index is 1230. The monoisotopic (exact) mass is 460 g/mol. The summed E-state index contributed by atoms with van der Waals surface area (Å²) in [6, 6.07) is 9.61. The number of sulfonamides is 1. The van der Waals surface area contributed by atoms with Crippen LogP contribution in [-0.2, 0) is 14.8 Å². The van der Waals surface area contributed by atoms with Crippen molar-refractivity contribution in [1.29, 1.82) is 0 Å². The lowest BCUT2D eigenvalue weighted by Gasteiger charge is -2.21. The van der Waals surface area contributed by atoms with Gasteiger partial charge in [-0.2, -0.15) is 4.72 Å². The Balaban J connectivity index is 1.48. The van der Waals surface area contributed by atoms with Crippen LogP contribution in [0.2, 0.25) is 0 Å². The molecule has 0 bridgehead atoms. The van der Waals surface area contributed by atoms with E-state index in [0.29, 0.717) is 5.69 Å². The van der Waals surface area contributed by atoms with Crippen molar-refractivity contribution in [2.24, 2.45) is 5.92 Å². The Morgan fingerprint density at radius 3 is 2.50 bits per heavy atom. The van der Waals surface area contributed by atoms with Crippen molar-refractivity contribution in [3.05, 3.63) is 59.6 Å². The number of amides is 1. The maximum atomic E-state index is 12.8. The van der Waals surface area contributed by atoms with Gasteiger partial charge in [0.1, 0.15) is 10.3 Å². The maximum Gasteiger partial charge on any atom is 0.250 e. The summed E-state index contributed by atoms with van der Waals surface area (Å²) in [6.07, 6.45) is 3.90. The van der Waals surface area contributed by atoms with Gasteiger partial charge in [-0.15, -0.1) is 22.7 Å². The van der Waals surface area contributed by atoms with E-state index in [-0.39, 0.29) is 10.1 Å². The molecule has 4 aromatic rings. The normalized spacial score (nSPS) is 13.0. The minimum absolute atomic E-state index is 0.185. The van der Waals surface area contributed by atoms with E-state index >= 15 is 0 Å². The molecule has 10 heteroatoms. The highest BCUT2D eigenvalue weighted by Crippen LogP contribution is 2.23. The fourth-order valence-electron chi connectivity index (χ4n) is 2.94. The van der Waals surface area contributed by atoms with Gasteiger partial charge in [-0.3, -0.25) is 9.20 Å². The lowest BCUT2D eigenvalue weighted by Crippen LogP contribution is -2.46. The van der Waals surface area contributed by atoms with Crippen molar-refractivity contribution in [1.82, 2.24) is 14.1 Å². The Labute approximate surface area is 182 Å². The number of imidazole rings is 1. The fourth-order valence-corrected chi connectivity index (χ4v) is 6.00. The first-order valence-corrected chi connectivity index (χ1v) is 12.5. The first kappa shape index (κ1) is 20.7.